The molecule has 0 aromatic heterocycles. The minimum Gasteiger partial charge on any atom is -0.466 e. The maximum atomic E-state index is 10.5. The van der Waals surface area contributed by atoms with Gasteiger partial charge in [-0.15, -0.1) is 0 Å². The number of carbonyl (C=O) groups excluding carboxylic acids is 2. The lowest BCUT2D eigenvalue weighted by molar-refractivity contribution is -0.146. The second kappa shape index (κ2) is 9.45. The Balaban J connectivity index is 0. The van der Waals surface area contributed by atoms with Gasteiger partial charge in [0.1, 0.15) is 0 Å². The minimum absolute atomic E-state index is 0.00921. The van der Waals surface area contributed by atoms with Crippen molar-refractivity contribution in [1.82, 2.24) is 5.43 Å². The van der Waals surface area contributed by atoms with Gasteiger partial charge in [-0.3, -0.25) is 15.0 Å². The van der Waals surface area contributed by atoms with E-state index in [1.54, 1.807) is 20.8 Å². The third kappa shape index (κ3) is 10.8. The summed E-state index contributed by atoms with van der Waals surface area (Å²) < 4.78 is 4.66. The maximum Gasteiger partial charge on any atom is 0.308 e. The van der Waals surface area contributed by atoms with Crippen LogP contribution < -0.4 is 11.3 Å². The Bertz CT molecular complexity index is 191. The second-order valence-electron chi connectivity index (χ2n) is 3.57. The summed E-state index contributed by atoms with van der Waals surface area (Å²) in [4.78, 5) is 20.8. The van der Waals surface area contributed by atoms with Crippen LogP contribution in [0.25, 0.3) is 0 Å². The van der Waals surface area contributed by atoms with Crippen LogP contribution in [-0.4, -0.2) is 18.5 Å². The van der Waals surface area contributed by atoms with Gasteiger partial charge in [-0.05, 0) is 6.92 Å². The predicted molar refractivity (Wildman–Crippen MR) is 58.6 cm³/mol. The van der Waals surface area contributed by atoms with Crippen LogP contribution in [0.15, 0.2) is 0 Å². The number of hydrogen-bond acceptors (Lipinski definition) is 4. The highest BCUT2D eigenvalue weighted by molar-refractivity contribution is 5.77. The monoisotopic (exact) mass is 218 g/mol. The topological polar surface area (TPSA) is 81.4 Å². The Labute approximate surface area is 91.3 Å². The number of nitrogens with one attached hydrogen (secondary N) is 1. The molecule has 0 bridgehead atoms. The van der Waals surface area contributed by atoms with Gasteiger partial charge in [-0.2, -0.15) is 0 Å². The highest BCUT2D eigenvalue weighted by atomic mass is 16.5. The average Bonchev–Trinajstić information content (AvgIpc) is 2.17. The van der Waals surface area contributed by atoms with Crippen LogP contribution in [0.5, 0.6) is 0 Å². The molecule has 0 fully saturated rings. The van der Waals surface area contributed by atoms with Gasteiger partial charge in [-0.25, -0.2) is 5.84 Å². The summed E-state index contributed by atoms with van der Waals surface area (Å²) in [6.45, 7) is 9.48. The number of nitrogens with two attached hydrogens (primary N) is 1. The van der Waals surface area contributed by atoms with Crippen molar-refractivity contribution in [2.45, 2.75) is 34.6 Å². The van der Waals surface area contributed by atoms with E-state index in [0.717, 1.165) is 0 Å². The second-order valence-corrected chi connectivity index (χ2v) is 3.57. The van der Waals surface area contributed by atoms with Gasteiger partial charge in [0, 0.05) is 5.92 Å². The summed E-state index contributed by atoms with van der Waals surface area (Å²) in [6, 6.07) is 0. The predicted octanol–water partition coefficient (Wildman–Crippen LogP) is 0.838. The van der Waals surface area contributed by atoms with E-state index in [9.17, 15) is 9.59 Å². The summed E-state index contributed by atoms with van der Waals surface area (Å²) in [5.74, 6) is 4.53. The Morgan fingerprint density at radius 1 is 1.20 bits per heavy atom. The summed E-state index contributed by atoms with van der Waals surface area (Å²) >= 11 is 0. The SMILES string of the molecule is CC(C)C(=O)NN.CCOC(=O)C(C)C. The molecule has 0 radical (unpaired) electrons. The number of amides is 1. The van der Waals surface area contributed by atoms with Gasteiger partial charge in [0.15, 0.2) is 0 Å². The smallest absolute Gasteiger partial charge is 0.308 e. The fourth-order valence-electron chi connectivity index (χ4n) is 0.476. The van der Waals surface area contributed by atoms with Crippen LogP contribution in [0.4, 0.5) is 0 Å². The molecule has 1 amide bonds. The van der Waals surface area contributed by atoms with Crippen molar-refractivity contribution < 1.29 is 14.3 Å². The average molecular weight is 218 g/mol. The standard InChI is InChI=1S/C6H12O2.C4H10N2O/c1-4-8-6(7)5(2)3;1-3(2)4(7)6-5/h5H,4H2,1-3H3;3H,5H2,1-2H3,(H,6,7). The molecule has 0 atom stereocenters. The fourth-order valence-corrected chi connectivity index (χ4v) is 0.476. The zero-order valence-corrected chi connectivity index (χ0v) is 10.2. The number of hydrogen-bond donors (Lipinski definition) is 2. The molecule has 0 unspecified atom stereocenters. The van der Waals surface area contributed by atoms with Crippen molar-refractivity contribution in [3.63, 3.8) is 0 Å². The first-order valence-electron chi connectivity index (χ1n) is 5.03. The first-order valence-corrected chi connectivity index (χ1v) is 5.03. The van der Waals surface area contributed by atoms with E-state index >= 15 is 0 Å². The summed E-state index contributed by atoms with van der Waals surface area (Å²) in [6.07, 6.45) is 0. The molecular weight excluding hydrogens is 196 g/mol. The van der Waals surface area contributed by atoms with E-state index in [0.29, 0.717) is 6.61 Å². The molecule has 0 heterocycles. The van der Waals surface area contributed by atoms with E-state index in [-0.39, 0.29) is 23.7 Å². The minimum atomic E-state index is -0.125. The summed E-state index contributed by atoms with van der Waals surface area (Å²) in [5.41, 5.74) is 2.03. The first kappa shape index (κ1) is 16.3. The zero-order valence-electron chi connectivity index (χ0n) is 10.2. The molecule has 0 saturated heterocycles. The fraction of sp³-hybridized carbons (Fsp3) is 0.800. The third-order valence-corrected chi connectivity index (χ3v) is 1.42. The highest BCUT2D eigenvalue weighted by Gasteiger charge is 2.04. The van der Waals surface area contributed by atoms with Crippen LogP contribution in [0.3, 0.4) is 0 Å². The highest BCUT2D eigenvalue weighted by Crippen LogP contribution is 1.93. The number of ether oxygens (including phenoxy) is 1. The molecule has 0 aliphatic rings. The summed E-state index contributed by atoms with van der Waals surface area (Å²) in [5, 5.41) is 0. The molecule has 0 aromatic rings. The van der Waals surface area contributed by atoms with Crippen molar-refractivity contribution in [3.05, 3.63) is 0 Å². The lowest BCUT2D eigenvalue weighted by Gasteiger charge is -2.01. The van der Waals surface area contributed by atoms with Crippen molar-refractivity contribution in [2.75, 3.05) is 6.61 Å². The number of esters is 1. The molecule has 90 valence electrons. The van der Waals surface area contributed by atoms with Gasteiger partial charge >= 0.3 is 5.97 Å². The van der Waals surface area contributed by atoms with E-state index in [4.69, 9.17) is 5.84 Å². The number of carbonyl (C=O) groups is 2. The molecule has 0 aliphatic heterocycles. The Morgan fingerprint density at radius 2 is 1.67 bits per heavy atom. The zero-order chi connectivity index (χ0) is 12.4. The normalized spacial score (nSPS) is 9.33. The quantitative estimate of drug-likeness (QED) is 0.318. The van der Waals surface area contributed by atoms with Crippen molar-refractivity contribution >= 4 is 11.9 Å². The van der Waals surface area contributed by atoms with Crippen LogP contribution in [0, 0.1) is 11.8 Å². The van der Waals surface area contributed by atoms with Crippen molar-refractivity contribution in [2.24, 2.45) is 17.7 Å². The van der Waals surface area contributed by atoms with E-state index < -0.39 is 0 Å². The van der Waals surface area contributed by atoms with E-state index in [2.05, 4.69) is 4.74 Å². The van der Waals surface area contributed by atoms with Gasteiger partial charge in [0.25, 0.3) is 0 Å². The Kier molecular flexibility index (Phi) is 10.3. The molecule has 0 aromatic carbocycles. The van der Waals surface area contributed by atoms with E-state index in [1.165, 1.54) is 0 Å². The van der Waals surface area contributed by atoms with Crippen LogP contribution in [0.1, 0.15) is 34.6 Å². The maximum absolute atomic E-state index is 10.5. The number of hydrazine groups is 1. The lowest BCUT2D eigenvalue weighted by Crippen LogP contribution is -2.33. The van der Waals surface area contributed by atoms with Crippen molar-refractivity contribution in [1.29, 1.82) is 0 Å². The van der Waals surface area contributed by atoms with Crippen LogP contribution in [0.2, 0.25) is 0 Å². The largest absolute Gasteiger partial charge is 0.466 e. The van der Waals surface area contributed by atoms with Crippen LogP contribution >= 0.6 is 0 Å². The third-order valence-electron chi connectivity index (χ3n) is 1.42. The van der Waals surface area contributed by atoms with Gasteiger partial charge in [0.05, 0.1) is 12.5 Å². The molecular formula is C10H22N2O3. The van der Waals surface area contributed by atoms with Gasteiger partial charge in [-0.1, -0.05) is 27.7 Å². The lowest BCUT2D eigenvalue weighted by atomic mass is 10.2. The summed E-state index contributed by atoms with van der Waals surface area (Å²) in [7, 11) is 0. The van der Waals surface area contributed by atoms with Crippen molar-refractivity contribution in [3.8, 4) is 0 Å². The van der Waals surface area contributed by atoms with Gasteiger partial charge in [0.2, 0.25) is 5.91 Å². The molecule has 0 aliphatic carbocycles. The van der Waals surface area contributed by atoms with Crippen LogP contribution in [-0.2, 0) is 14.3 Å². The molecule has 0 rings (SSSR count). The Hall–Kier alpha value is -1.10. The van der Waals surface area contributed by atoms with E-state index in [1.807, 2.05) is 19.3 Å². The number of rotatable bonds is 3. The first-order chi connectivity index (χ1) is 6.86. The molecule has 0 saturated carbocycles. The van der Waals surface area contributed by atoms with Gasteiger partial charge < -0.3 is 4.74 Å². The Morgan fingerprint density at radius 3 is 1.73 bits per heavy atom. The molecule has 3 N–H and O–H groups in total. The molecule has 0 spiro atoms. The molecule has 5 heteroatoms. The molecule has 5 nitrogen and oxygen atoms in total. The molecule has 15 heavy (non-hydrogen) atoms.